The summed E-state index contributed by atoms with van der Waals surface area (Å²) in [7, 11) is 0. The first-order valence-electron chi connectivity index (χ1n) is 32.7. The van der Waals surface area contributed by atoms with Crippen LogP contribution < -0.4 is 0 Å². The average molecular weight is 1070 g/mol. The van der Waals surface area contributed by atoms with E-state index < -0.39 is 6.10 Å². The highest BCUT2D eigenvalue weighted by Crippen LogP contribution is 2.16. The van der Waals surface area contributed by atoms with E-state index in [4.69, 9.17) is 14.2 Å². The normalized spacial score (nSPS) is 12.7. The molecule has 77 heavy (non-hydrogen) atoms. The summed E-state index contributed by atoms with van der Waals surface area (Å²) in [5.41, 5.74) is 0. The van der Waals surface area contributed by atoms with E-state index in [1.54, 1.807) is 0 Å². The largest absolute Gasteiger partial charge is 0.462 e. The summed E-state index contributed by atoms with van der Waals surface area (Å²) < 4.78 is 16.9. The van der Waals surface area contributed by atoms with Crippen LogP contribution in [-0.2, 0) is 28.6 Å². The predicted molar refractivity (Wildman–Crippen MR) is 334 cm³/mol. The van der Waals surface area contributed by atoms with E-state index in [2.05, 4.69) is 118 Å². The second kappa shape index (κ2) is 64.9. The van der Waals surface area contributed by atoms with Gasteiger partial charge in [0.1, 0.15) is 13.2 Å². The van der Waals surface area contributed by atoms with Gasteiger partial charge in [-0.2, -0.15) is 0 Å². The molecule has 6 heteroatoms. The molecule has 0 aliphatic rings. The molecule has 442 valence electrons. The summed E-state index contributed by atoms with van der Waals surface area (Å²) in [6.45, 7) is 6.53. The Morgan fingerprint density at radius 3 is 0.805 bits per heavy atom. The van der Waals surface area contributed by atoms with Crippen molar-refractivity contribution in [2.24, 2.45) is 0 Å². The van der Waals surface area contributed by atoms with Crippen molar-refractivity contribution in [1.29, 1.82) is 0 Å². The lowest BCUT2D eigenvalue weighted by atomic mass is 10.1. The van der Waals surface area contributed by atoms with Gasteiger partial charge in [-0.25, -0.2) is 0 Å². The van der Waals surface area contributed by atoms with E-state index in [0.717, 1.165) is 122 Å². The summed E-state index contributed by atoms with van der Waals surface area (Å²) in [5.74, 6) is -0.900. The first-order valence-corrected chi connectivity index (χ1v) is 32.7. The van der Waals surface area contributed by atoms with E-state index in [1.807, 2.05) is 0 Å². The minimum Gasteiger partial charge on any atom is -0.462 e. The zero-order valence-electron chi connectivity index (χ0n) is 50.7. The van der Waals surface area contributed by atoms with E-state index in [-0.39, 0.29) is 31.1 Å². The van der Waals surface area contributed by atoms with Crippen molar-refractivity contribution >= 4 is 17.9 Å². The van der Waals surface area contributed by atoms with Crippen LogP contribution in [0.25, 0.3) is 0 Å². The Labute approximate surface area is 477 Å². The van der Waals surface area contributed by atoms with Gasteiger partial charge in [-0.3, -0.25) is 14.4 Å². The molecule has 0 heterocycles. The number of carbonyl (C=O) groups is 3. The average Bonchev–Trinajstić information content (AvgIpc) is 3.43. The molecule has 0 fully saturated rings. The van der Waals surface area contributed by atoms with Crippen molar-refractivity contribution in [2.45, 2.75) is 322 Å². The maximum absolute atomic E-state index is 12.9. The van der Waals surface area contributed by atoms with E-state index in [9.17, 15) is 14.4 Å². The minimum absolute atomic E-state index is 0.0864. The van der Waals surface area contributed by atoms with Crippen LogP contribution in [0.4, 0.5) is 0 Å². The van der Waals surface area contributed by atoms with Gasteiger partial charge >= 0.3 is 17.9 Å². The molecule has 0 saturated carbocycles. The molecule has 0 radical (unpaired) electrons. The Bertz CT molecular complexity index is 1510. The molecule has 0 saturated heterocycles. The van der Waals surface area contributed by atoms with Gasteiger partial charge in [0, 0.05) is 19.3 Å². The Morgan fingerprint density at radius 1 is 0.273 bits per heavy atom. The smallest absolute Gasteiger partial charge is 0.306 e. The van der Waals surface area contributed by atoms with Gasteiger partial charge in [0.05, 0.1) is 0 Å². The first kappa shape index (κ1) is 73.3. The van der Waals surface area contributed by atoms with Gasteiger partial charge in [-0.15, -0.1) is 0 Å². The van der Waals surface area contributed by atoms with Crippen LogP contribution in [0.1, 0.15) is 316 Å². The van der Waals surface area contributed by atoms with E-state index >= 15 is 0 Å². The van der Waals surface area contributed by atoms with Crippen molar-refractivity contribution in [1.82, 2.24) is 0 Å². The Morgan fingerprint density at radius 2 is 0.506 bits per heavy atom. The molecule has 1 unspecified atom stereocenters. The van der Waals surface area contributed by atoms with Crippen molar-refractivity contribution in [3.8, 4) is 0 Å². The van der Waals surface area contributed by atoms with E-state index in [0.29, 0.717) is 19.3 Å². The van der Waals surface area contributed by atoms with Crippen LogP contribution in [-0.4, -0.2) is 37.2 Å². The standard InChI is InChI=1S/C71H122O6/c1-4-7-10-13-16-19-22-25-28-31-32-33-34-35-36-37-38-39-40-41-44-46-49-52-55-58-61-64-70(73)76-67-68(77-71(74)65-62-59-56-53-50-47-43-30-27-24-21-18-15-12-9-6-3)66-75-69(72)63-60-57-54-51-48-45-42-29-26-23-20-17-14-11-8-5-2/h7,10,16,19,25,28-30,32-33,35-36,38-39,42-43,68H,4-6,8-9,11-15,17-18,20-24,26-27,31,34,37,40-41,44-67H2,1-3H3/b10-7-,19-16-,28-25-,33-32-,36-35-,39-38-,42-29-,43-30-. The van der Waals surface area contributed by atoms with Crippen LogP contribution in [0, 0.1) is 0 Å². The number of hydrogen-bond donors (Lipinski definition) is 0. The van der Waals surface area contributed by atoms with Crippen molar-refractivity contribution in [3.05, 3.63) is 97.2 Å². The maximum atomic E-state index is 12.9. The number of esters is 3. The lowest BCUT2D eigenvalue weighted by molar-refractivity contribution is -0.167. The Kier molecular flexibility index (Phi) is 61.8. The molecule has 1 atom stereocenters. The molecule has 0 aliphatic heterocycles. The molecule has 0 bridgehead atoms. The lowest BCUT2D eigenvalue weighted by Crippen LogP contribution is -2.30. The fourth-order valence-electron chi connectivity index (χ4n) is 9.14. The van der Waals surface area contributed by atoms with Crippen molar-refractivity contribution < 1.29 is 28.6 Å². The molecule has 0 aromatic carbocycles. The summed E-state index contributed by atoms with van der Waals surface area (Å²) in [6.07, 6.45) is 86.9. The Hall–Kier alpha value is -3.67. The SMILES string of the molecule is CC/C=C\C/C=C\C/C=C\C/C=C\C/C=C\C/C=C\CCCCCCCCCCC(=O)OCC(COC(=O)CCCCCCC/C=C\CCCCCCCCC)OC(=O)CCCCCCC/C=C\CCCCCCCCC. The third-order valence-corrected chi connectivity index (χ3v) is 14.0. The molecule has 0 rings (SSSR count). The minimum atomic E-state index is -0.790. The monoisotopic (exact) mass is 1070 g/mol. The fraction of sp³-hybridized carbons (Fsp3) is 0.732. The number of ether oxygens (including phenoxy) is 3. The summed E-state index contributed by atoms with van der Waals surface area (Å²) in [6, 6.07) is 0. The summed E-state index contributed by atoms with van der Waals surface area (Å²) in [5, 5.41) is 0. The summed E-state index contributed by atoms with van der Waals surface area (Å²) in [4.78, 5) is 38.3. The van der Waals surface area contributed by atoms with Crippen LogP contribution in [0.2, 0.25) is 0 Å². The fourth-order valence-corrected chi connectivity index (χ4v) is 9.14. The van der Waals surface area contributed by atoms with Crippen LogP contribution >= 0.6 is 0 Å². The topological polar surface area (TPSA) is 78.9 Å². The predicted octanol–water partition coefficient (Wildman–Crippen LogP) is 22.4. The number of rotatable bonds is 59. The highest BCUT2D eigenvalue weighted by atomic mass is 16.6. The molecule has 0 amide bonds. The molecule has 0 aromatic rings. The van der Waals surface area contributed by atoms with Crippen molar-refractivity contribution in [3.63, 3.8) is 0 Å². The van der Waals surface area contributed by atoms with Crippen LogP contribution in [0.3, 0.4) is 0 Å². The molecule has 6 nitrogen and oxygen atoms in total. The van der Waals surface area contributed by atoms with Gasteiger partial charge in [-0.05, 0) is 122 Å². The molecule has 0 aliphatic carbocycles. The van der Waals surface area contributed by atoms with Gasteiger partial charge in [0.15, 0.2) is 6.10 Å². The highest BCUT2D eigenvalue weighted by molar-refractivity contribution is 5.71. The maximum Gasteiger partial charge on any atom is 0.306 e. The first-order chi connectivity index (χ1) is 38.0. The van der Waals surface area contributed by atoms with Gasteiger partial charge < -0.3 is 14.2 Å². The number of carbonyl (C=O) groups excluding carboxylic acids is 3. The second-order valence-corrected chi connectivity index (χ2v) is 21.6. The highest BCUT2D eigenvalue weighted by Gasteiger charge is 2.19. The van der Waals surface area contributed by atoms with Gasteiger partial charge in [0.2, 0.25) is 0 Å². The molecule has 0 aromatic heterocycles. The quantitative estimate of drug-likeness (QED) is 0.0261. The zero-order valence-corrected chi connectivity index (χ0v) is 50.7. The van der Waals surface area contributed by atoms with Gasteiger partial charge in [0.25, 0.3) is 0 Å². The summed E-state index contributed by atoms with van der Waals surface area (Å²) >= 11 is 0. The second-order valence-electron chi connectivity index (χ2n) is 21.6. The van der Waals surface area contributed by atoms with E-state index in [1.165, 1.54) is 154 Å². The van der Waals surface area contributed by atoms with Gasteiger partial charge in [-0.1, -0.05) is 272 Å². The molecule has 0 N–H and O–H groups in total. The van der Waals surface area contributed by atoms with Crippen molar-refractivity contribution in [2.75, 3.05) is 13.2 Å². The third kappa shape index (κ3) is 63.0. The number of unbranched alkanes of at least 4 members (excludes halogenated alkanes) is 32. The Balaban J connectivity index is 4.36. The number of hydrogen-bond acceptors (Lipinski definition) is 6. The van der Waals surface area contributed by atoms with Crippen LogP contribution in [0.15, 0.2) is 97.2 Å². The lowest BCUT2D eigenvalue weighted by Gasteiger charge is -2.18. The number of allylic oxidation sites excluding steroid dienone is 16. The molecule has 0 spiro atoms. The molecular weight excluding hydrogens is 949 g/mol. The molecular formula is C71H122O6. The van der Waals surface area contributed by atoms with Crippen LogP contribution in [0.5, 0.6) is 0 Å². The third-order valence-electron chi connectivity index (χ3n) is 14.0. The zero-order chi connectivity index (χ0) is 55.7.